The predicted octanol–water partition coefficient (Wildman–Crippen LogP) is 4.39. The van der Waals surface area contributed by atoms with Crippen LogP contribution >= 0.6 is 11.6 Å². The zero-order valence-electron chi connectivity index (χ0n) is 17.5. The molecule has 0 atom stereocenters. The highest BCUT2D eigenvalue weighted by molar-refractivity contribution is 6.31. The van der Waals surface area contributed by atoms with E-state index in [1.807, 2.05) is 6.92 Å². The van der Waals surface area contributed by atoms with E-state index < -0.39 is 11.9 Å². The molecular formula is C23H21ClN2O6. The fourth-order valence-electron chi connectivity index (χ4n) is 2.57. The van der Waals surface area contributed by atoms with Crippen molar-refractivity contribution in [3.05, 3.63) is 76.7 Å². The number of nitrogens with zero attached hydrogens (tertiary/aromatic N) is 1. The van der Waals surface area contributed by atoms with E-state index in [-0.39, 0.29) is 18.1 Å². The summed E-state index contributed by atoms with van der Waals surface area (Å²) in [6, 6.07) is 13.1. The van der Waals surface area contributed by atoms with Crippen LogP contribution in [0, 0.1) is 6.92 Å². The van der Waals surface area contributed by atoms with Crippen LogP contribution in [0.3, 0.4) is 0 Å². The van der Waals surface area contributed by atoms with Crippen molar-refractivity contribution in [2.45, 2.75) is 13.8 Å². The first-order chi connectivity index (χ1) is 15.5. The zero-order chi connectivity index (χ0) is 22.9. The van der Waals surface area contributed by atoms with Crippen LogP contribution in [-0.2, 0) is 4.79 Å². The standard InChI is InChI=1S/C23H21ClN2O6/c1-3-29-21-12-16(6-9-19(21)32-23(28)20-5-4-10-30-20)13-25-26-22(27)14-31-17-7-8-18(24)15(2)11-17/h4-13H,3,14H2,1-2H3,(H,26,27)/b25-13+. The second-order valence-corrected chi connectivity index (χ2v) is 6.91. The number of amides is 1. The third-order valence-electron chi connectivity index (χ3n) is 4.09. The van der Waals surface area contributed by atoms with Crippen LogP contribution in [-0.4, -0.2) is 31.3 Å². The second-order valence-electron chi connectivity index (χ2n) is 6.50. The number of hydrogen-bond donors (Lipinski definition) is 1. The highest BCUT2D eigenvalue weighted by atomic mass is 35.5. The van der Waals surface area contributed by atoms with Gasteiger partial charge in [0.25, 0.3) is 5.91 Å². The van der Waals surface area contributed by atoms with Crippen molar-refractivity contribution >= 4 is 29.7 Å². The minimum atomic E-state index is -0.638. The maximum Gasteiger partial charge on any atom is 0.379 e. The van der Waals surface area contributed by atoms with E-state index in [9.17, 15) is 9.59 Å². The summed E-state index contributed by atoms with van der Waals surface area (Å²) in [5.41, 5.74) is 3.86. The van der Waals surface area contributed by atoms with Crippen LogP contribution in [0.2, 0.25) is 5.02 Å². The van der Waals surface area contributed by atoms with Gasteiger partial charge in [-0.15, -0.1) is 0 Å². The summed E-state index contributed by atoms with van der Waals surface area (Å²) in [5.74, 6) is 0.137. The maximum atomic E-state index is 12.1. The molecule has 2 aromatic carbocycles. The molecule has 0 bridgehead atoms. The number of aryl methyl sites for hydroxylation is 1. The van der Waals surface area contributed by atoms with E-state index in [0.29, 0.717) is 28.7 Å². The highest BCUT2D eigenvalue weighted by Gasteiger charge is 2.15. The number of carbonyl (C=O) groups excluding carboxylic acids is 2. The van der Waals surface area contributed by atoms with Gasteiger partial charge in [-0.05, 0) is 73.5 Å². The van der Waals surface area contributed by atoms with Gasteiger partial charge in [-0.25, -0.2) is 10.2 Å². The Morgan fingerprint density at radius 3 is 2.69 bits per heavy atom. The normalized spacial score (nSPS) is 10.7. The molecule has 0 spiro atoms. The lowest BCUT2D eigenvalue weighted by molar-refractivity contribution is -0.123. The monoisotopic (exact) mass is 456 g/mol. The molecule has 3 rings (SSSR count). The summed E-state index contributed by atoms with van der Waals surface area (Å²) < 4.78 is 21.3. The molecule has 32 heavy (non-hydrogen) atoms. The Balaban J connectivity index is 1.57. The molecule has 0 saturated carbocycles. The second kappa shape index (κ2) is 11.0. The first kappa shape index (κ1) is 22.9. The number of ether oxygens (including phenoxy) is 3. The number of rotatable bonds is 9. The number of esters is 1. The molecule has 1 amide bonds. The summed E-state index contributed by atoms with van der Waals surface area (Å²) in [7, 11) is 0. The van der Waals surface area contributed by atoms with Crippen LogP contribution in [0.4, 0.5) is 0 Å². The molecule has 3 aromatic rings. The number of hydrogen-bond acceptors (Lipinski definition) is 7. The first-order valence-corrected chi connectivity index (χ1v) is 10.1. The third-order valence-corrected chi connectivity index (χ3v) is 4.52. The number of furan rings is 1. The lowest BCUT2D eigenvalue weighted by atomic mass is 10.2. The molecule has 8 nitrogen and oxygen atoms in total. The van der Waals surface area contributed by atoms with E-state index in [1.165, 1.54) is 18.5 Å². The molecule has 9 heteroatoms. The van der Waals surface area contributed by atoms with Gasteiger partial charge >= 0.3 is 5.97 Å². The summed E-state index contributed by atoms with van der Waals surface area (Å²) in [6.45, 7) is 3.81. The summed E-state index contributed by atoms with van der Waals surface area (Å²) in [4.78, 5) is 24.0. The zero-order valence-corrected chi connectivity index (χ0v) is 18.2. The lowest BCUT2D eigenvalue weighted by Gasteiger charge is -2.10. The van der Waals surface area contributed by atoms with Gasteiger partial charge in [-0.2, -0.15) is 5.10 Å². The summed E-state index contributed by atoms with van der Waals surface area (Å²) in [5, 5.41) is 4.54. The average molecular weight is 457 g/mol. The molecule has 0 fully saturated rings. The van der Waals surface area contributed by atoms with Gasteiger partial charge in [0, 0.05) is 5.02 Å². The molecule has 0 aliphatic rings. The van der Waals surface area contributed by atoms with E-state index in [2.05, 4.69) is 10.5 Å². The molecule has 0 saturated heterocycles. The van der Waals surface area contributed by atoms with Crippen molar-refractivity contribution in [3.8, 4) is 17.2 Å². The van der Waals surface area contributed by atoms with Gasteiger partial charge in [0.2, 0.25) is 5.76 Å². The van der Waals surface area contributed by atoms with E-state index in [1.54, 1.807) is 49.4 Å². The molecule has 0 radical (unpaired) electrons. The first-order valence-electron chi connectivity index (χ1n) is 9.69. The fourth-order valence-corrected chi connectivity index (χ4v) is 2.69. The largest absolute Gasteiger partial charge is 0.490 e. The van der Waals surface area contributed by atoms with Gasteiger partial charge in [0.15, 0.2) is 18.1 Å². The lowest BCUT2D eigenvalue weighted by Crippen LogP contribution is -2.24. The SMILES string of the molecule is CCOc1cc(/C=N/NC(=O)COc2ccc(Cl)c(C)c2)ccc1OC(=O)c1ccco1. The Labute approximate surface area is 189 Å². The smallest absolute Gasteiger partial charge is 0.379 e. The number of benzene rings is 2. The van der Waals surface area contributed by atoms with Gasteiger partial charge in [-0.3, -0.25) is 4.79 Å². The van der Waals surface area contributed by atoms with E-state index in [4.69, 9.17) is 30.2 Å². The summed E-state index contributed by atoms with van der Waals surface area (Å²) >= 11 is 5.97. The van der Waals surface area contributed by atoms with Gasteiger partial charge in [0.1, 0.15) is 5.75 Å². The molecular weight excluding hydrogens is 436 g/mol. The highest BCUT2D eigenvalue weighted by Crippen LogP contribution is 2.29. The average Bonchev–Trinajstić information content (AvgIpc) is 3.32. The molecule has 166 valence electrons. The van der Waals surface area contributed by atoms with Gasteiger partial charge < -0.3 is 18.6 Å². The van der Waals surface area contributed by atoms with Crippen LogP contribution in [0.5, 0.6) is 17.2 Å². The molecule has 1 heterocycles. The van der Waals surface area contributed by atoms with Crippen molar-refractivity contribution in [3.63, 3.8) is 0 Å². The van der Waals surface area contributed by atoms with Crippen LogP contribution in [0.15, 0.2) is 64.3 Å². The molecule has 0 aliphatic heterocycles. The topological polar surface area (TPSA) is 99.4 Å². The fraction of sp³-hybridized carbons (Fsp3) is 0.174. The minimum Gasteiger partial charge on any atom is -0.490 e. The van der Waals surface area contributed by atoms with Crippen molar-refractivity contribution < 1.29 is 28.2 Å². The Hall–Kier alpha value is -3.78. The Morgan fingerprint density at radius 2 is 1.97 bits per heavy atom. The minimum absolute atomic E-state index is 0.0804. The summed E-state index contributed by atoms with van der Waals surface area (Å²) in [6.07, 6.45) is 2.82. The van der Waals surface area contributed by atoms with E-state index in [0.717, 1.165) is 5.56 Å². The van der Waals surface area contributed by atoms with Crippen LogP contribution in [0.1, 0.15) is 28.6 Å². The predicted molar refractivity (Wildman–Crippen MR) is 119 cm³/mol. The Bertz CT molecular complexity index is 1110. The van der Waals surface area contributed by atoms with Gasteiger partial charge in [0.05, 0.1) is 19.1 Å². The number of hydrazone groups is 1. The molecule has 1 N–H and O–H groups in total. The van der Waals surface area contributed by atoms with Crippen molar-refractivity contribution in [1.82, 2.24) is 5.43 Å². The van der Waals surface area contributed by atoms with Crippen molar-refractivity contribution in [2.24, 2.45) is 5.10 Å². The maximum absolute atomic E-state index is 12.1. The molecule has 0 aliphatic carbocycles. The molecule has 0 unspecified atom stereocenters. The van der Waals surface area contributed by atoms with E-state index >= 15 is 0 Å². The number of halogens is 1. The van der Waals surface area contributed by atoms with Crippen molar-refractivity contribution in [2.75, 3.05) is 13.2 Å². The van der Waals surface area contributed by atoms with Crippen molar-refractivity contribution in [1.29, 1.82) is 0 Å². The van der Waals surface area contributed by atoms with Gasteiger partial charge in [-0.1, -0.05) is 11.6 Å². The quantitative estimate of drug-likeness (QED) is 0.222. The third kappa shape index (κ3) is 6.36. The Kier molecular flexibility index (Phi) is 7.88. The van der Waals surface area contributed by atoms with Crippen LogP contribution in [0.25, 0.3) is 0 Å². The molecule has 1 aromatic heterocycles. The Morgan fingerprint density at radius 1 is 1.12 bits per heavy atom. The number of carbonyl (C=O) groups is 2. The number of nitrogens with one attached hydrogen (secondary N) is 1. The van der Waals surface area contributed by atoms with Crippen LogP contribution < -0.4 is 19.6 Å².